The SMILES string of the molecule is CN(C)c1ccc([C@H](CNC(=O)C(=O)Nc2cccc([N+](=O)[O-])c2)N2CCOCC2)cc1. The fourth-order valence-electron chi connectivity index (χ4n) is 3.50. The van der Waals surface area contributed by atoms with Crippen LogP contribution in [0.25, 0.3) is 0 Å². The van der Waals surface area contributed by atoms with Crippen molar-refractivity contribution in [2.24, 2.45) is 0 Å². The number of nitro benzene ring substituents is 1. The summed E-state index contributed by atoms with van der Waals surface area (Å²) in [5, 5.41) is 16.0. The molecule has 0 radical (unpaired) electrons. The predicted molar refractivity (Wildman–Crippen MR) is 121 cm³/mol. The van der Waals surface area contributed by atoms with Crippen molar-refractivity contribution in [2.75, 3.05) is 57.2 Å². The fourth-order valence-corrected chi connectivity index (χ4v) is 3.50. The quantitative estimate of drug-likeness (QED) is 0.382. The normalized spacial score (nSPS) is 14.9. The van der Waals surface area contributed by atoms with Crippen LogP contribution >= 0.6 is 0 Å². The van der Waals surface area contributed by atoms with Crippen molar-refractivity contribution in [3.05, 3.63) is 64.2 Å². The molecule has 10 heteroatoms. The van der Waals surface area contributed by atoms with E-state index in [0.717, 1.165) is 24.3 Å². The third-order valence-electron chi connectivity index (χ3n) is 5.26. The molecular formula is C22H27N5O5. The second-order valence-electron chi connectivity index (χ2n) is 7.62. The van der Waals surface area contributed by atoms with Crippen molar-refractivity contribution in [3.8, 4) is 0 Å². The van der Waals surface area contributed by atoms with Crippen LogP contribution in [0.5, 0.6) is 0 Å². The van der Waals surface area contributed by atoms with Gasteiger partial charge in [0, 0.05) is 57.2 Å². The van der Waals surface area contributed by atoms with Crippen molar-refractivity contribution in [3.63, 3.8) is 0 Å². The van der Waals surface area contributed by atoms with E-state index in [1.807, 2.05) is 43.3 Å². The fraction of sp³-hybridized carbons (Fsp3) is 0.364. The van der Waals surface area contributed by atoms with Crippen molar-refractivity contribution in [1.29, 1.82) is 0 Å². The molecule has 3 rings (SSSR count). The highest BCUT2D eigenvalue weighted by Gasteiger charge is 2.25. The first-order valence-corrected chi connectivity index (χ1v) is 10.3. The van der Waals surface area contributed by atoms with Crippen LogP contribution in [0.3, 0.4) is 0 Å². The summed E-state index contributed by atoms with van der Waals surface area (Å²) in [6, 6.07) is 13.4. The Morgan fingerprint density at radius 2 is 1.81 bits per heavy atom. The van der Waals surface area contributed by atoms with Crippen LogP contribution in [0.4, 0.5) is 17.1 Å². The van der Waals surface area contributed by atoms with Gasteiger partial charge in [-0.25, -0.2) is 0 Å². The lowest BCUT2D eigenvalue weighted by atomic mass is 10.0. The monoisotopic (exact) mass is 441 g/mol. The van der Waals surface area contributed by atoms with E-state index in [2.05, 4.69) is 15.5 Å². The van der Waals surface area contributed by atoms with Gasteiger partial charge in [0.15, 0.2) is 0 Å². The topological polar surface area (TPSA) is 117 Å². The summed E-state index contributed by atoms with van der Waals surface area (Å²) in [6.07, 6.45) is 0. The Balaban J connectivity index is 1.66. The Morgan fingerprint density at radius 1 is 1.12 bits per heavy atom. The van der Waals surface area contributed by atoms with Crippen LogP contribution in [0.1, 0.15) is 11.6 Å². The Kier molecular flexibility index (Phi) is 7.74. The molecule has 2 N–H and O–H groups in total. The first-order chi connectivity index (χ1) is 15.3. The molecule has 0 spiro atoms. The summed E-state index contributed by atoms with van der Waals surface area (Å²) in [7, 11) is 3.93. The van der Waals surface area contributed by atoms with Gasteiger partial charge >= 0.3 is 11.8 Å². The number of rotatable bonds is 7. The molecule has 0 aromatic heterocycles. The lowest BCUT2D eigenvalue weighted by Crippen LogP contribution is -2.45. The number of amides is 2. The molecule has 1 aliphatic rings. The molecule has 0 bridgehead atoms. The van der Waals surface area contributed by atoms with E-state index in [1.54, 1.807) is 0 Å². The standard InChI is InChI=1S/C22H27N5O5/c1-25(2)18-8-6-16(7-9-18)20(26-10-12-32-13-11-26)15-23-21(28)22(29)24-17-4-3-5-19(14-17)27(30)31/h3-9,14,20H,10-13,15H2,1-2H3,(H,23,28)(H,24,29)/t20-/m0/s1. The van der Waals surface area contributed by atoms with Gasteiger partial charge in [-0.05, 0) is 23.8 Å². The number of hydrogen-bond acceptors (Lipinski definition) is 7. The van der Waals surface area contributed by atoms with Crippen LogP contribution in [0.15, 0.2) is 48.5 Å². The zero-order chi connectivity index (χ0) is 23.1. The number of anilines is 2. The van der Waals surface area contributed by atoms with Crippen LogP contribution in [-0.4, -0.2) is 68.6 Å². The summed E-state index contributed by atoms with van der Waals surface area (Å²) < 4.78 is 5.45. The zero-order valence-electron chi connectivity index (χ0n) is 18.1. The van der Waals surface area contributed by atoms with Crippen molar-refractivity contribution < 1.29 is 19.2 Å². The van der Waals surface area contributed by atoms with E-state index in [9.17, 15) is 19.7 Å². The molecule has 1 aliphatic heterocycles. The molecule has 170 valence electrons. The molecule has 2 aromatic rings. The Hall–Kier alpha value is -3.50. The van der Waals surface area contributed by atoms with Crippen molar-refractivity contribution in [1.82, 2.24) is 10.2 Å². The number of non-ortho nitro benzene ring substituents is 1. The molecule has 1 heterocycles. The zero-order valence-corrected chi connectivity index (χ0v) is 18.1. The highest BCUT2D eigenvalue weighted by molar-refractivity contribution is 6.39. The molecular weight excluding hydrogens is 414 g/mol. The summed E-state index contributed by atoms with van der Waals surface area (Å²) in [6.45, 7) is 2.88. The van der Waals surface area contributed by atoms with E-state index in [-0.39, 0.29) is 24.0 Å². The first kappa shape index (κ1) is 23.2. The summed E-state index contributed by atoms with van der Waals surface area (Å²) >= 11 is 0. The number of benzene rings is 2. The summed E-state index contributed by atoms with van der Waals surface area (Å²) in [5.41, 5.74) is 2.10. The van der Waals surface area contributed by atoms with Gasteiger partial charge in [0.1, 0.15) is 0 Å². The van der Waals surface area contributed by atoms with Crippen LogP contribution in [-0.2, 0) is 14.3 Å². The molecule has 2 amide bonds. The van der Waals surface area contributed by atoms with E-state index in [0.29, 0.717) is 13.2 Å². The van der Waals surface area contributed by atoms with Gasteiger partial charge in [0.2, 0.25) is 0 Å². The van der Waals surface area contributed by atoms with E-state index in [4.69, 9.17) is 4.74 Å². The first-order valence-electron chi connectivity index (χ1n) is 10.3. The third-order valence-corrected chi connectivity index (χ3v) is 5.26. The maximum atomic E-state index is 12.4. The minimum absolute atomic E-state index is 0.121. The number of morpholine rings is 1. The molecule has 32 heavy (non-hydrogen) atoms. The number of hydrogen-bond donors (Lipinski definition) is 2. The lowest BCUT2D eigenvalue weighted by Gasteiger charge is -2.35. The third kappa shape index (κ3) is 6.02. The van der Waals surface area contributed by atoms with Crippen LogP contribution in [0, 0.1) is 10.1 Å². The molecule has 0 saturated carbocycles. The number of nitrogens with zero attached hydrogens (tertiary/aromatic N) is 3. The van der Waals surface area contributed by atoms with Gasteiger partial charge in [-0.15, -0.1) is 0 Å². The second-order valence-corrected chi connectivity index (χ2v) is 7.62. The van der Waals surface area contributed by atoms with Gasteiger partial charge < -0.3 is 20.3 Å². The van der Waals surface area contributed by atoms with Gasteiger partial charge in [-0.2, -0.15) is 0 Å². The Bertz CT molecular complexity index is 957. The van der Waals surface area contributed by atoms with Gasteiger partial charge in [0.05, 0.1) is 24.2 Å². The Labute approximate surface area is 186 Å². The number of ether oxygens (including phenoxy) is 1. The van der Waals surface area contributed by atoms with Crippen molar-refractivity contribution in [2.45, 2.75) is 6.04 Å². The number of carbonyl (C=O) groups excluding carboxylic acids is 2. The molecule has 0 aliphatic carbocycles. The minimum Gasteiger partial charge on any atom is -0.379 e. The maximum absolute atomic E-state index is 12.4. The molecule has 1 saturated heterocycles. The van der Waals surface area contributed by atoms with E-state index >= 15 is 0 Å². The molecule has 0 unspecified atom stereocenters. The molecule has 1 atom stereocenters. The maximum Gasteiger partial charge on any atom is 0.313 e. The molecule has 1 fully saturated rings. The minimum atomic E-state index is -0.880. The lowest BCUT2D eigenvalue weighted by molar-refractivity contribution is -0.384. The van der Waals surface area contributed by atoms with Crippen molar-refractivity contribution >= 4 is 28.9 Å². The van der Waals surface area contributed by atoms with Crippen LogP contribution in [0.2, 0.25) is 0 Å². The number of nitrogens with one attached hydrogen (secondary N) is 2. The van der Waals surface area contributed by atoms with Gasteiger partial charge in [0.25, 0.3) is 5.69 Å². The molecule has 2 aromatic carbocycles. The number of nitro groups is 1. The van der Waals surface area contributed by atoms with E-state index < -0.39 is 16.7 Å². The Morgan fingerprint density at radius 3 is 2.44 bits per heavy atom. The second kappa shape index (κ2) is 10.7. The summed E-state index contributed by atoms with van der Waals surface area (Å²) in [5.74, 6) is -1.69. The van der Waals surface area contributed by atoms with E-state index in [1.165, 1.54) is 24.3 Å². The highest BCUT2D eigenvalue weighted by Crippen LogP contribution is 2.24. The predicted octanol–water partition coefficient (Wildman–Crippen LogP) is 1.79. The average Bonchev–Trinajstić information content (AvgIpc) is 2.80. The number of carbonyl (C=O) groups is 2. The smallest absolute Gasteiger partial charge is 0.313 e. The molecule has 10 nitrogen and oxygen atoms in total. The van der Waals surface area contributed by atoms with Gasteiger partial charge in [-0.1, -0.05) is 18.2 Å². The summed E-state index contributed by atoms with van der Waals surface area (Å²) in [4.78, 5) is 39.3. The van der Waals surface area contributed by atoms with Gasteiger partial charge in [-0.3, -0.25) is 24.6 Å². The van der Waals surface area contributed by atoms with Crippen LogP contribution < -0.4 is 15.5 Å². The largest absolute Gasteiger partial charge is 0.379 e. The highest BCUT2D eigenvalue weighted by atomic mass is 16.6. The average molecular weight is 441 g/mol.